The van der Waals surface area contributed by atoms with Gasteiger partial charge in [-0.05, 0) is 160 Å². The number of hydrogen-bond donors (Lipinski definition) is 7. The van der Waals surface area contributed by atoms with Crippen LogP contribution in [0.15, 0.2) is 72.0 Å². The maximum Gasteiger partial charge on any atom is 0.343 e. The Labute approximate surface area is 571 Å². The first kappa shape index (κ1) is 72.1. The number of amides is 7. The highest BCUT2D eigenvalue weighted by Gasteiger charge is 2.47. The summed E-state index contributed by atoms with van der Waals surface area (Å²) < 4.78 is 28.1. The molecule has 0 radical (unpaired) electrons. The molecule has 2 aliphatic carbocycles. The van der Waals surface area contributed by atoms with Crippen molar-refractivity contribution >= 4 is 70.0 Å². The maximum atomic E-state index is 15.6. The number of piperidine rings is 1. The smallest absolute Gasteiger partial charge is 0.343 e. The van der Waals surface area contributed by atoms with Gasteiger partial charge in [0.2, 0.25) is 41.4 Å². The molecule has 4 unspecified atom stereocenters. The minimum Gasteiger partial charge on any atom is -0.458 e. The van der Waals surface area contributed by atoms with Gasteiger partial charge in [0.25, 0.3) is 5.56 Å². The van der Waals surface area contributed by atoms with E-state index in [9.17, 15) is 48.3 Å². The second-order valence-electron chi connectivity index (χ2n) is 27.4. The molecule has 2 aromatic heterocycles. The number of pyridine rings is 2. The zero-order valence-corrected chi connectivity index (χ0v) is 57.2. The van der Waals surface area contributed by atoms with Gasteiger partial charge in [-0.2, -0.15) is 0 Å². The quantitative estimate of drug-likeness (QED) is 0.0178. The van der Waals surface area contributed by atoms with Crippen LogP contribution in [0.25, 0.3) is 28.4 Å². The number of unbranched alkanes of at least 4 members (excludes halogenated alkanes) is 1. The Morgan fingerprint density at radius 2 is 1.60 bits per heavy atom. The molecule has 3 aliphatic heterocycles. The van der Waals surface area contributed by atoms with Gasteiger partial charge in [0.05, 0.1) is 61.2 Å². The highest BCUT2D eigenvalue weighted by atomic mass is 19.1. The number of hydrogen-bond acceptors (Lipinski definition) is 14. The van der Waals surface area contributed by atoms with Gasteiger partial charge in [-0.15, -0.1) is 0 Å². The van der Waals surface area contributed by atoms with Crippen LogP contribution in [0, 0.1) is 30.0 Å². The number of aryl methyl sites for hydroxylation is 2. The third kappa shape index (κ3) is 15.7. The number of anilines is 1. The lowest BCUT2D eigenvalue weighted by atomic mass is 9.65. The monoisotopic (exact) mass is 1350 g/mol. The Kier molecular flexibility index (Phi) is 23.5. The molecule has 0 bridgehead atoms. The Morgan fingerprint density at radius 1 is 0.867 bits per heavy atom. The first-order chi connectivity index (χ1) is 47.1. The van der Waals surface area contributed by atoms with Gasteiger partial charge in [-0.25, -0.2) is 14.2 Å². The highest BCUT2D eigenvalue weighted by Crippen LogP contribution is 2.48. The summed E-state index contributed by atoms with van der Waals surface area (Å²) in [6.07, 6.45) is 10.3. The topological polar surface area (TPSA) is 303 Å². The molecule has 5 heterocycles. The predicted molar refractivity (Wildman–Crippen MR) is 369 cm³/mol. The largest absolute Gasteiger partial charge is 0.458 e. The lowest BCUT2D eigenvalue weighted by molar-refractivity contribution is -0.172. The summed E-state index contributed by atoms with van der Waals surface area (Å²) in [4.78, 5) is 131. The normalized spacial score (nSPS) is 18.2. The van der Waals surface area contributed by atoms with Crippen molar-refractivity contribution in [2.24, 2.45) is 23.0 Å². The van der Waals surface area contributed by atoms with Gasteiger partial charge < -0.3 is 61.3 Å². The average molecular weight is 1350 g/mol. The van der Waals surface area contributed by atoms with Crippen molar-refractivity contribution in [1.82, 2.24) is 41.0 Å². The first-order valence-corrected chi connectivity index (χ1v) is 35.0. The third-order valence-corrected chi connectivity index (χ3v) is 20.9. The number of carbonyl (C=O) groups is 8. The van der Waals surface area contributed by atoms with Gasteiger partial charge in [-0.1, -0.05) is 82.8 Å². The zero-order valence-electron chi connectivity index (χ0n) is 57.2. The zero-order chi connectivity index (χ0) is 70.0. The fraction of sp³-hybridized carbons (Fsp3) is 0.520. The van der Waals surface area contributed by atoms with E-state index in [1.54, 1.807) is 39.8 Å². The van der Waals surface area contributed by atoms with Crippen LogP contribution in [0.5, 0.6) is 0 Å². The van der Waals surface area contributed by atoms with Crippen LogP contribution in [-0.4, -0.2) is 125 Å². The van der Waals surface area contributed by atoms with E-state index in [4.69, 9.17) is 20.2 Å². The Morgan fingerprint density at radius 3 is 2.32 bits per heavy atom. The fourth-order valence-electron chi connectivity index (χ4n) is 15.0. The molecule has 2 fully saturated rings. The molecule has 1 saturated heterocycles. The van der Waals surface area contributed by atoms with Crippen molar-refractivity contribution in [2.45, 2.75) is 187 Å². The Bertz CT molecular complexity index is 3930. The number of ether oxygens (including phenoxy) is 2. The highest BCUT2D eigenvalue weighted by molar-refractivity contribution is 5.97. The van der Waals surface area contributed by atoms with Gasteiger partial charge in [-0.3, -0.25) is 38.4 Å². The lowest BCUT2D eigenvalue weighted by Gasteiger charge is -2.45. The third-order valence-electron chi connectivity index (χ3n) is 20.9. The molecule has 524 valence electrons. The molecule has 5 aliphatic rings. The number of carbonyl (C=O) groups excluding carboxylic acids is 8. The fourth-order valence-corrected chi connectivity index (χ4v) is 15.0. The number of nitrogens with one attached hydrogen (secondary N) is 5. The van der Waals surface area contributed by atoms with Crippen molar-refractivity contribution in [1.29, 1.82) is 0 Å². The molecule has 98 heavy (non-hydrogen) atoms. The number of rotatable bonds is 29. The molecule has 1 spiro atoms. The van der Waals surface area contributed by atoms with Crippen molar-refractivity contribution < 1.29 is 57.3 Å². The summed E-state index contributed by atoms with van der Waals surface area (Å²) in [5.41, 5.74) is 10.9. The SMILES string of the molecule is C=Cc1ccccc1CN(C(=O)CCNC(=O)C1CCC2(CC1)CCN(C(=O)CCOCCCC(=O)NC(C(=O)NC(CCCCN)C(=O)NCC(=O)NC1CCc3c(C)c(F)cc4nc5c(c1c34)Cn1c-5cc3c(c1=O)COC(=O)C3(O)CC)C(C)C)CC2)c1ccccc1CC. The summed E-state index contributed by atoms with van der Waals surface area (Å²) in [6.45, 7) is 14.8. The summed E-state index contributed by atoms with van der Waals surface area (Å²) in [5.74, 6) is -4.05. The summed E-state index contributed by atoms with van der Waals surface area (Å²) >= 11 is 0. The van der Waals surface area contributed by atoms with Crippen LogP contribution < -0.4 is 42.8 Å². The molecular formula is C75H95FN10O12. The van der Waals surface area contributed by atoms with E-state index in [0.29, 0.717) is 97.3 Å². The number of aliphatic hydroxyl groups is 1. The van der Waals surface area contributed by atoms with Crippen LogP contribution in [0.4, 0.5) is 10.1 Å². The van der Waals surface area contributed by atoms with Crippen molar-refractivity contribution in [3.05, 3.63) is 133 Å². The number of aromatic nitrogens is 2. The number of benzene rings is 3. The second kappa shape index (κ2) is 31.9. The Hall–Kier alpha value is -8.67. The first-order valence-electron chi connectivity index (χ1n) is 35.0. The van der Waals surface area contributed by atoms with Crippen molar-refractivity contribution in [3.8, 4) is 11.4 Å². The van der Waals surface area contributed by atoms with Crippen LogP contribution in [0.2, 0.25) is 0 Å². The molecule has 4 atom stereocenters. The van der Waals surface area contributed by atoms with E-state index in [1.807, 2.05) is 58.3 Å². The number of para-hydroxylation sites is 1. The molecule has 10 rings (SSSR count). The molecule has 5 aromatic rings. The lowest BCUT2D eigenvalue weighted by Crippen LogP contribution is -2.56. The second-order valence-corrected chi connectivity index (χ2v) is 27.4. The number of esters is 1. The summed E-state index contributed by atoms with van der Waals surface area (Å²) in [7, 11) is 0. The van der Waals surface area contributed by atoms with E-state index >= 15 is 4.39 Å². The standard InChI is InChI=1S/C75H95FN10O12/c1-7-47-17-10-11-19-50(47)42-85(59-21-13-12-18-48(59)8-2)64(90)27-34-78-69(91)49-25-29-74(30-26-49)31-35-84(36-32-74)63(89)28-38-97-37-16-22-61(87)83-67(45(4)5)71(93)82-57(20-14-15-33-77)70(92)79-41-62(88)80-56-24-23-51-46(6)55(76)40-58-65(51)66(56)52-43-86-60(68(52)81-58)39-54-53(72(86)94)44-98-73(95)75(54,96)9-3/h7,10-13,17-19,21,39-40,45,49,56-57,67,96H,1,8-9,14-16,20,22-38,41-44,77H2,2-6H3,(H,78,91)(H,79,92)(H,80,88)(H,82,93)(H,83,87). The van der Waals surface area contributed by atoms with Crippen molar-refractivity contribution in [3.63, 3.8) is 0 Å². The van der Waals surface area contributed by atoms with E-state index in [1.165, 1.54) is 10.6 Å². The van der Waals surface area contributed by atoms with Gasteiger partial charge in [0.15, 0.2) is 5.60 Å². The molecule has 1 saturated carbocycles. The van der Waals surface area contributed by atoms with Crippen LogP contribution in [-0.2, 0) is 86.0 Å². The minimum atomic E-state index is -2.06. The molecular weight excluding hydrogens is 1250 g/mol. The van der Waals surface area contributed by atoms with E-state index < -0.39 is 71.2 Å². The summed E-state index contributed by atoms with van der Waals surface area (Å²) in [6, 6.07) is 16.0. The van der Waals surface area contributed by atoms with Crippen LogP contribution in [0.1, 0.15) is 180 Å². The van der Waals surface area contributed by atoms with E-state index in [-0.39, 0.29) is 111 Å². The minimum absolute atomic E-state index is 0.00302. The molecule has 22 nitrogen and oxygen atoms in total. The number of likely N-dealkylation sites (tertiary alicyclic amines) is 1. The van der Waals surface area contributed by atoms with Crippen LogP contribution in [0.3, 0.4) is 0 Å². The summed E-state index contributed by atoms with van der Waals surface area (Å²) in [5, 5.41) is 26.6. The number of nitrogens with two attached hydrogens (primary N) is 1. The average Bonchev–Trinajstić information content (AvgIpc) is 1.52. The van der Waals surface area contributed by atoms with Crippen molar-refractivity contribution in [2.75, 3.05) is 50.8 Å². The maximum absolute atomic E-state index is 15.6. The number of nitrogens with zero attached hydrogens (tertiary/aromatic N) is 4. The number of halogens is 1. The Balaban J connectivity index is 0.644. The molecule has 7 amide bonds. The predicted octanol–water partition coefficient (Wildman–Crippen LogP) is 7.43. The molecule has 8 N–H and O–H groups in total. The van der Waals surface area contributed by atoms with Gasteiger partial charge >= 0.3 is 5.97 Å². The van der Waals surface area contributed by atoms with E-state index in [2.05, 4.69) is 40.1 Å². The molecule has 23 heteroatoms. The van der Waals surface area contributed by atoms with Gasteiger partial charge in [0.1, 0.15) is 24.5 Å². The number of cyclic esters (lactones) is 1. The number of fused-ring (bicyclic) bond motifs is 5. The molecule has 3 aromatic carbocycles. The van der Waals surface area contributed by atoms with Crippen LogP contribution >= 0.6 is 0 Å². The van der Waals surface area contributed by atoms with E-state index in [0.717, 1.165) is 72.9 Å². The van der Waals surface area contributed by atoms with Gasteiger partial charge in [0, 0.05) is 73.3 Å².